The Labute approximate surface area is 106 Å². The average molecular weight is 246 g/mol. The minimum atomic E-state index is -0.122. The molecule has 0 atom stereocenters. The molecule has 0 radical (unpaired) electrons. The molecule has 0 unspecified atom stereocenters. The molecule has 0 aromatic carbocycles. The van der Waals surface area contributed by atoms with Crippen LogP contribution < -0.4 is 0 Å². The molecule has 1 aliphatic rings. The molecule has 4 nitrogen and oxygen atoms in total. The van der Waals surface area contributed by atoms with Gasteiger partial charge in [-0.05, 0) is 44.7 Å². The summed E-state index contributed by atoms with van der Waals surface area (Å²) in [6.45, 7) is 1.93. The van der Waals surface area contributed by atoms with Crippen LogP contribution in [-0.4, -0.2) is 21.2 Å². The van der Waals surface area contributed by atoms with Crippen molar-refractivity contribution in [3.05, 3.63) is 29.9 Å². The molecule has 0 bridgehead atoms. The number of imidazole rings is 1. The van der Waals surface area contributed by atoms with E-state index in [-0.39, 0.29) is 6.10 Å². The van der Waals surface area contributed by atoms with Gasteiger partial charge in [-0.25, -0.2) is 4.98 Å². The summed E-state index contributed by atoms with van der Waals surface area (Å²) in [6, 6.07) is 3.91. The second-order valence-electron chi connectivity index (χ2n) is 5.10. The van der Waals surface area contributed by atoms with E-state index < -0.39 is 0 Å². The minimum absolute atomic E-state index is 0.122. The van der Waals surface area contributed by atoms with Gasteiger partial charge < -0.3 is 14.5 Å². The third-order valence-electron chi connectivity index (χ3n) is 3.68. The first-order valence-corrected chi connectivity index (χ1v) is 6.52. The Kier molecular flexibility index (Phi) is 2.96. The highest BCUT2D eigenvalue weighted by atomic mass is 16.3. The molecule has 0 spiro atoms. The van der Waals surface area contributed by atoms with E-state index in [1.165, 1.54) is 0 Å². The number of aliphatic hydroxyl groups is 1. The number of nitrogens with zero attached hydrogens (tertiary/aromatic N) is 1. The fraction of sp³-hybridized carbons (Fsp3) is 0.500. The molecule has 1 saturated carbocycles. The molecule has 2 N–H and O–H groups in total. The second kappa shape index (κ2) is 4.61. The topological polar surface area (TPSA) is 62.1 Å². The van der Waals surface area contributed by atoms with Crippen LogP contribution in [-0.2, 0) is 0 Å². The molecule has 0 aliphatic heterocycles. The van der Waals surface area contributed by atoms with Gasteiger partial charge in [0.25, 0.3) is 0 Å². The van der Waals surface area contributed by atoms with Crippen molar-refractivity contribution in [3.8, 4) is 11.5 Å². The van der Waals surface area contributed by atoms with E-state index in [4.69, 9.17) is 4.42 Å². The maximum Gasteiger partial charge on any atom is 0.152 e. The van der Waals surface area contributed by atoms with E-state index in [1.54, 1.807) is 0 Å². The number of rotatable bonds is 2. The Morgan fingerprint density at radius 2 is 2.06 bits per heavy atom. The molecule has 2 aromatic rings. The van der Waals surface area contributed by atoms with Crippen LogP contribution in [0.4, 0.5) is 0 Å². The van der Waals surface area contributed by atoms with Crippen LogP contribution in [0, 0.1) is 6.92 Å². The molecule has 0 amide bonds. The lowest BCUT2D eigenvalue weighted by Crippen LogP contribution is -2.17. The maximum atomic E-state index is 9.51. The Morgan fingerprint density at radius 1 is 1.28 bits per heavy atom. The molecular weight excluding hydrogens is 228 g/mol. The number of hydrogen-bond acceptors (Lipinski definition) is 3. The van der Waals surface area contributed by atoms with Crippen molar-refractivity contribution in [1.29, 1.82) is 0 Å². The van der Waals surface area contributed by atoms with E-state index >= 15 is 0 Å². The van der Waals surface area contributed by atoms with Gasteiger partial charge in [0.2, 0.25) is 0 Å². The van der Waals surface area contributed by atoms with Crippen LogP contribution in [0.25, 0.3) is 11.5 Å². The fourth-order valence-corrected chi connectivity index (χ4v) is 2.60. The van der Waals surface area contributed by atoms with Crippen LogP contribution >= 0.6 is 0 Å². The first kappa shape index (κ1) is 11.5. The predicted molar refractivity (Wildman–Crippen MR) is 68.2 cm³/mol. The van der Waals surface area contributed by atoms with Crippen LogP contribution in [0.1, 0.15) is 43.2 Å². The van der Waals surface area contributed by atoms with Crippen molar-refractivity contribution in [2.45, 2.75) is 44.6 Å². The van der Waals surface area contributed by atoms with E-state index in [1.807, 2.05) is 25.3 Å². The Balaban J connectivity index is 1.77. The number of H-pyrrole nitrogens is 1. The molecular formula is C14H18N2O2. The molecule has 1 aliphatic carbocycles. The van der Waals surface area contributed by atoms with Gasteiger partial charge in [0, 0.05) is 5.92 Å². The quantitative estimate of drug-likeness (QED) is 0.856. The molecule has 96 valence electrons. The first-order valence-electron chi connectivity index (χ1n) is 6.52. The number of hydrogen-bond donors (Lipinski definition) is 2. The molecule has 1 fully saturated rings. The maximum absolute atomic E-state index is 9.51. The summed E-state index contributed by atoms with van der Waals surface area (Å²) in [5.74, 6) is 3.20. The summed E-state index contributed by atoms with van der Waals surface area (Å²) in [5, 5.41) is 9.51. The summed E-state index contributed by atoms with van der Waals surface area (Å²) in [4.78, 5) is 7.79. The largest absolute Gasteiger partial charge is 0.460 e. The lowest BCUT2D eigenvalue weighted by Gasteiger charge is -2.23. The van der Waals surface area contributed by atoms with Gasteiger partial charge >= 0.3 is 0 Å². The number of aromatic nitrogens is 2. The zero-order chi connectivity index (χ0) is 12.5. The van der Waals surface area contributed by atoms with Crippen molar-refractivity contribution < 1.29 is 9.52 Å². The molecule has 2 aromatic heterocycles. The molecule has 3 rings (SSSR count). The number of aromatic amines is 1. The lowest BCUT2D eigenvalue weighted by atomic mass is 9.87. The standard InChI is InChI=1S/C14H18N2O2/c1-9-2-7-13(18-9)12-8-15-14(16-12)10-3-5-11(17)6-4-10/h2,7-8,10-11,17H,3-6H2,1H3,(H,15,16). The van der Waals surface area contributed by atoms with Gasteiger partial charge in [-0.1, -0.05) is 0 Å². The number of aryl methyl sites for hydroxylation is 1. The van der Waals surface area contributed by atoms with Gasteiger partial charge in [-0.3, -0.25) is 0 Å². The van der Waals surface area contributed by atoms with Crippen molar-refractivity contribution in [1.82, 2.24) is 9.97 Å². The third-order valence-corrected chi connectivity index (χ3v) is 3.68. The van der Waals surface area contributed by atoms with Crippen LogP contribution in [0.5, 0.6) is 0 Å². The van der Waals surface area contributed by atoms with E-state index in [2.05, 4.69) is 9.97 Å². The number of aliphatic hydroxyl groups excluding tert-OH is 1. The average Bonchev–Trinajstić information content (AvgIpc) is 2.98. The second-order valence-corrected chi connectivity index (χ2v) is 5.10. The SMILES string of the molecule is Cc1ccc(-c2cnc(C3CCC(O)CC3)[nH]2)o1. The van der Waals surface area contributed by atoms with E-state index in [0.29, 0.717) is 5.92 Å². The summed E-state index contributed by atoms with van der Waals surface area (Å²) in [7, 11) is 0. The molecule has 0 saturated heterocycles. The van der Waals surface area contributed by atoms with Crippen molar-refractivity contribution in [2.75, 3.05) is 0 Å². The molecule has 2 heterocycles. The van der Waals surface area contributed by atoms with Gasteiger partial charge in [-0.15, -0.1) is 0 Å². The Hall–Kier alpha value is -1.55. The van der Waals surface area contributed by atoms with E-state index in [9.17, 15) is 5.11 Å². The highest BCUT2D eigenvalue weighted by molar-refractivity contribution is 5.51. The molecule has 18 heavy (non-hydrogen) atoms. The first-order chi connectivity index (χ1) is 8.72. The van der Waals surface area contributed by atoms with Crippen molar-refractivity contribution in [2.24, 2.45) is 0 Å². The van der Waals surface area contributed by atoms with Crippen LogP contribution in [0.15, 0.2) is 22.7 Å². The van der Waals surface area contributed by atoms with Crippen LogP contribution in [0.3, 0.4) is 0 Å². The summed E-state index contributed by atoms with van der Waals surface area (Å²) in [6.07, 6.45) is 5.47. The van der Waals surface area contributed by atoms with Gasteiger partial charge in [0.15, 0.2) is 5.76 Å². The predicted octanol–water partition coefficient (Wildman–Crippen LogP) is 3.00. The zero-order valence-corrected chi connectivity index (χ0v) is 10.5. The fourth-order valence-electron chi connectivity index (χ4n) is 2.60. The molecule has 4 heteroatoms. The monoisotopic (exact) mass is 246 g/mol. The number of nitrogens with one attached hydrogen (secondary N) is 1. The minimum Gasteiger partial charge on any atom is -0.460 e. The highest BCUT2D eigenvalue weighted by Gasteiger charge is 2.23. The van der Waals surface area contributed by atoms with Crippen molar-refractivity contribution >= 4 is 0 Å². The van der Waals surface area contributed by atoms with Gasteiger partial charge in [-0.2, -0.15) is 0 Å². The lowest BCUT2D eigenvalue weighted by molar-refractivity contribution is 0.121. The van der Waals surface area contributed by atoms with E-state index in [0.717, 1.165) is 48.7 Å². The Bertz CT molecular complexity index is 521. The summed E-state index contributed by atoms with van der Waals surface area (Å²) >= 11 is 0. The van der Waals surface area contributed by atoms with Crippen LogP contribution in [0.2, 0.25) is 0 Å². The van der Waals surface area contributed by atoms with Gasteiger partial charge in [0.05, 0.1) is 12.3 Å². The van der Waals surface area contributed by atoms with Crippen molar-refractivity contribution in [3.63, 3.8) is 0 Å². The third kappa shape index (κ3) is 2.20. The smallest absolute Gasteiger partial charge is 0.152 e. The normalized spacial score (nSPS) is 24.3. The summed E-state index contributed by atoms with van der Waals surface area (Å²) < 4.78 is 5.58. The highest BCUT2D eigenvalue weighted by Crippen LogP contribution is 2.32. The van der Waals surface area contributed by atoms with Gasteiger partial charge in [0.1, 0.15) is 17.3 Å². The summed E-state index contributed by atoms with van der Waals surface area (Å²) in [5.41, 5.74) is 0.934. The number of furan rings is 1. The zero-order valence-electron chi connectivity index (χ0n) is 10.5. The Morgan fingerprint density at radius 3 is 2.72 bits per heavy atom.